The van der Waals surface area contributed by atoms with Crippen LogP contribution in [0.3, 0.4) is 0 Å². The predicted molar refractivity (Wildman–Crippen MR) is 67.2 cm³/mol. The SMILES string of the molecule is CCC(NCc1cc(F)cc(Cl)c1)C(C)C. The van der Waals surface area contributed by atoms with Crippen LogP contribution in [0, 0.1) is 11.7 Å². The third-order valence-electron chi connectivity index (χ3n) is 2.74. The maximum Gasteiger partial charge on any atom is 0.125 e. The summed E-state index contributed by atoms with van der Waals surface area (Å²) in [6.07, 6.45) is 1.07. The standard InChI is InChI=1S/C13H19ClFN/c1-4-13(9(2)3)16-8-10-5-11(14)7-12(15)6-10/h5-7,9,13,16H,4,8H2,1-3H3. The topological polar surface area (TPSA) is 12.0 Å². The van der Waals surface area contributed by atoms with Crippen LogP contribution < -0.4 is 5.32 Å². The normalized spacial score (nSPS) is 13.1. The van der Waals surface area contributed by atoms with Crippen molar-refractivity contribution in [3.8, 4) is 0 Å². The van der Waals surface area contributed by atoms with Crippen molar-refractivity contribution in [3.05, 3.63) is 34.6 Å². The van der Waals surface area contributed by atoms with E-state index in [1.165, 1.54) is 12.1 Å². The van der Waals surface area contributed by atoms with E-state index in [0.717, 1.165) is 12.0 Å². The lowest BCUT2D eigenvalue weighted by atomic mass is 10.0. The van der Waals surface area contributed by atoms with Crippen molar-refractivity contribution in [2.24, 2.45) is 5.92 Å². The van der Waals surface area contributed by atoms with Gasteiger partial charge in [0.15, 0.2) is 0 Å². The number of hydrogen-bond acceptors (Lipinski definition) is 1. The molecule has 3 heteroatoms. The number of halogens is 2. The minimum Gasteiger partial charge on any atom is -0.310 e. The highest BCUT2D eigenvalue weighted by Gasteiger charge is 2.10. The van der Waals surface area contributed by atoms with Crippen molar-refractivity contribution >= 4 is 11.6 Å². The summed E-state index contributed by atoms with van der Waals surface area (Å²) < 4.78 is 13.1. The fraction of sp³-hybridized carbons (Fsp3) is 0.538. The van der Waals surface area contributed by atoms with Gasteiger partial charge in [-0.15, -0.1) is 0 Å². The Bertz CT molecular complexity index is 318. The molecule has 0 radical (unpaired) electrons. The van der Waals surface area contributed by atoms with Gasteiger partial charge in [-0.25, -0.2) is 4.39 Å². The molecule has 0 saturated carbocycles. The quantitative estimate of drug-likeness (QED) is 0.824. The minimum atomic E-state index is -0.276. The predicted octanol–water partition coefficient (Wildman–Crippen LogP) is 4.00. The van der Waals surface area contributed by atoms with Gasteiger partial charge in [0.25, 0.3) is 0 Å². The molecule has 0 heterocycles. The Hall–Kier alpha value is -0.600. The lowest BCUT2D eigenvalue weighted by molar-refractivity contribution is 0.387. The van der Waals surface area contributed by atoms with Gasteiger partial charge in [-0.05, 0) is 36.1 Å². The molecule has 0 spiro atoms. The van der Waals surface area contributed by atoms with E-state index < -0.39 is 0 Å². The van der Waals surface area contributed by atoms with Gasteiger partial charge in [0, 0.05) is 17.6 Å². The molecular weight excluding hydrogens is 225 g/mol. The van der Waals surface area contributed by atoms with Gasteiger partial charge in [0.2, 0.25) is 0 Å². The summed E-state index contributed by atoms with van der Waals surface area (Å²) in [6, 6.07) is 5.10. The Morgan fingerprint density at radius 3 is 2.50 bits per heavy atom. The lowest BCUT2D eigenvalue weighted by Crippen LogP contribution is -2.32. The van der Waals surface area contributed by atoms with E-state index in [1.54, 1.807) is 6.07 Å². The molecule has 0 fully saturated rings. The van der Waals surface area contributed by atoms with Crippen molar-refractivity contribution in [1.29, 1.82) is 0 Å². The number of nitrogens with one attached hydrogen (secondary N) is 1. The average molecular weight is 244 g/mol. The van der Waals surface area contributed by atoms with Gasteiger partial charge < -0.3 is 5.32 Å². The maximum atomic E-state index is 13.1. The number of rotatable bonds is 5. The van der Waals surface area contributed by atoms with Gasteiger partial charge in [-0.3, -0.25) is 0 Å². The largest absolute Gasteiger partial charge is 0.310 e. The molecule has 16 heavy (non-hydrogen) atoms. The van der Waals surface area contributed by atoms with Gasteiger partial charge in [-0.1, -0.05) is 32.4 Å². The summed E-state index contributed by atoms with van der Waals surface area (Å²) in [7, 11) is 0. The maximum absolute atomic E-state index is 13.1. The van der Waals surface area contributed by atoms with Crippen LogP contribution in [0.4, 0.5) is 4.39 Å². The summed E-state index contributed by atoms with van der Waals surface area (Å²) >= 11 is 5.79. The second-order valence-corrected chi connectivity index (χ2v) is 4.85. The van der Waals surface area contributed by atoms with Crippen molar-refractivity contribution in [2.75, 3.05) is 0 Å². The van der Waals surface area contributed by atoms with Crippen LogP contribution in [-0.2, 0) is 6.54 Å². The van der Waals surface area contributed by atoms with E-state index in [0.29, 0.717) is 23.5 Å². The molecule has 1 aromatic rings. The van der Waals surface area contributed by atoms with E-state index in [9.17, 15) is 4.39 Å². The van der Waals surface area contributed by atoms with Crippen LogP contribution in [0.2, 0.25) is 5.02 Å². The minimum absolute atomic E-state index is 0.276. The fourth-order valence-corrected chi connectivity index (χ4v) is 2.06. The molecule has 1 unspecified atom stereocenters. The Balaban J connectivity index is 2.60. The molecule has 1 rings (SSSR count). The summed E-state index contributed by atoms with van der Waals surface area (Å²) in [6.45, 7) is 7.17. The van der Waals surface area contributed by atoms with Crippen LogP contribution in [0.25, 0.3) is 0 Å². The Labute approximate surface area is 102 Å². The van der Waals surface area contributed by atoms with Crippen molar-refractivity contribution < 1.29 is 4.39 Å². The van der Waals surface area contributed by atoms with Crippen LogP contribution in [0.1, 0.15) is 32.8 Å². The molecule has 1 nitrogen and oxygen atoms in total. The molecule has 0 bridgehead atoms. The Morgan fingerprint density at radius 2 is 2.00 bits per heavy atom. The molecule has 0 aliphatic carbocycles. The van der Waals surface area contributed by atoms with Crippen molar-refractivity contribution in [1.82, 2.24) is 5.32 Å². The first-order valence-corrected chi connectivity index (χ1v) is 6.09. The molecule has 0 aromatic heterocycles. The first-order valence-electron chi connectivity index (χ1n) is 5.71. The van der Waals surface area contributed by atoms with E-state index >= 15 is 0 Å². The number of hydrogen-bond donors (Lipinski definition) is 1. The van der Waals surface area contributed by atoms with Crippen molar-refractivity contribution in [2.45, 2.75) is 39.8 Å². The van der Waals surface area contributed by atoms with Crippen LogP contribution in [0.15, 0.2) is 18.2 Å². The number of benzene rings is 1. The molecule has 1 N–H and O–H groups in total. The zero-order valence-corrected chi connectivity index (χ0v) is 10.8. The summed E-state index contributed by atoms with van der Waals surface area (Å²) in [5, 5.41) is 3.87. The molecule has 0 saturated heterocycles. The summed E-state index contributed by atoms with van der Waals surface area (Å²) in [4.78, 5) is 0. The second kappa shape index (κ2) is 6.21. The van der Waals surface area contributed by atoms with E-state index in [2.05, 4.69) is 26.1 Å². The van der Waals surface area contributed by atoms with E-state index in [4.69, 9.17) is 11.6 Å². The van der Waals surface area contributed by atoms with Crippen LogP contribution >= 0.6 is 11.6 Å². The highest BCUT2D eigenvalue weighted by molar-refractivity contribution is 6.30. The fourth-order valence-electron chi connectivity index (χ4n) is 1.81. The molecule has 0 aliphatic rings. The highest BCUT2D eigenvalue weighted by Crippen LogP contribution is 2.15. The summed E-state index contributed by atoms with van der Waals surface area (Å²) in [5.41, 5.74) is 0.893. The molecule has 1 aromatic carbocycles. The molecular formula is C13H19ClFN. The third kappa shape index (κ3) is 4.11. The Kier molecular flexibility index (Phi) is 5.23. The molecule has 90 valence electrons. The second-order valence-electron chi connectivity index (χ2n) is 4.42. The average Bonchev–Trinajstić information content (AvgIpc) is 2.16. The van der Waals surface area contributed by atoms with Gasteiger partial charge in [-0.2, -0.15) is 0 Å². The molecule has 0 amide bonds. The van der Waals surface area contributed by atoms with Crippen LogP contribution in [-0.4, -0.2) is 6.04 Å². The van der Waals surface area contributed by atoms with Crippen LogP contribution in [0.5, 0.6) is 0 Å². The van der Waals surface area contributed by atoms with Gasteiger partial charge in [0.05, 0.1) is 0 Å². The zero-order valence-electron chi connectivity index (χ0n) is 10.1. The first kappa shape index (κ1) is 13.5. The third-order valence-corrected chi connectivity index (χ3v) is 2.95. The monoisotopic (exact) mass is 243 g/mol. The highest BCUT2D eigenvalue weighted by atomic mass is 35.5. The van der Waals surface area contributed by atoms with E-state index in [-0.39, 0.29) is 5.82 Å². The zero-order chi connectivity index (χ0) is 12.1. The Morgan fingerprint density at radius 1 is 1.31 bits per heavy atom. The van der Waals surface area contributed by atoms with Gasteiger partial charge >= 0.3 is 0 Å². The lowest BCUT2D eigenvalue weighted by Gasteiger charge is -2.20. The smallest absolute Gasteiger partial charge is 0.125 e. The summed E-state index contributed by atoms with van der Waals surface area (Å²) in [5.74, 6) is 0.302. The molecule has 0 aliphatic heterocycles. The first-order chi connectivity index (χ1) is 7.52. The molecule has 1 atom stereocenters. The van der Waals surface area contributed by atoms with E-state index in [1.807, 2.05) is 0 Å². The van der Waals surface area contributed by atoms with Gasteiger partial charge in [0.1, 0.15) is 5.82 Å². The van der Waals surface area contributed by atoms with Crippen molar-refractivity contribution in [3.63, 3.8) is 0 Å².